The normalized spacial score (nSPS) is 16.9. The fourth-order valence-electron chi connectivity index (χ4n) is 18.8. The molecule has 0 N–H and O–H groups in total. The van der Waals surface area contributed by atoms with E-state index in [1.54, 1.807) is 71.2 Å². The summed E-state index contributed by atoms with van der Waals surface area (Å²) in [5.74, 6) is 1.16. The lowest BCUT2D eigenvalue weighted by molar-refractivity contribution is 0.103. The number of aromatic nitrogens is 4. The minimum atomic E-state index is -0.886. The fourth-order valence-corrected chi connectivity index (χ4v) is 25.9. The van der Waals surface area contributed by atoms with Crippen LogP contribution in [0.3, 0.4) is 0 Å². The van der Waals surface area contributed by atoms with Crippen molar-refractivity contribution in [3.8, 4) is 64.0 Å². The number of aryl methyl sites for hydroxylation is 2. The van der Waals surface area contributed by atoms with Gasteiger partial charge in [-0.3, -0.25) is 9.59 Å². The van der Waals surface area contributed by atoms with Gasteiger partial charge in [0.1, 0.15) is 33.6 Å². The summed E-state index contributed by atoms with van der Waals surface area (Å²) in [7, 11) is 0. The van der Waals surface area contributed by atoms with Crippen LogP contribution in [0.15, 0.2) is 205 Å². The molecule has 604 valence electrons. The van der Waals surface area contributed by atoms with Crippen molar-refractivity contribution < 1.29 is 19.1 Å². The van der Waals surface area contributed by atoms with Crippen LogP contribution in [0, 0.1) is 49.7 Å². The number of carbonyl (C=O) groups is 2. The van der Waals surface area contributed by atoms with Crippen molar-refractivity contribution in [2.24, 2.45) is 0 Å². The van der Waals surface area contributed by atoms with Gasteiger partial charge in [-0.1, -0.05) is 286 Å². The summed E-state index contributed by atoms with van der Waals surface area (Å²) in [4.78, 5) is 42.9. The number of Topliss-reactive ketones (excluding diaryl/α,β-unsaturated/α-hetero) is 2. The molecule has 0 aliphatic heterocycles. The van der Waals surface area contributed by atoms with Gasteiger partial charge >= 0.3 is 0 Å². The van der Waals surface area contributed by atoms with Gasteiger partial charge in [0.2, 0.25) is 0 Å². The molecule has 2 unspecified atom stereocenters. The summed E-state index contributed by atoms with van der Waals surface area (Å²) in [6.07, 6.45) is 28.5. The molecule has 2 atom stereocenters. The van der Waals surface area contributed by atoms with Crippen LogP contribution in [0.5, 0.6) is 11.5 Å². The Morgan fingerprint density at radius 2 is 0.738 bits per heavy atom. The van der Waals surface area contributed by atoms with Crippen LogP contribution in [-0.2, 0) is 10.8 Å². The van der Waals surface area contributed by atoms with E-state index in [0.717, 1.165) is 126 Å². The van der Waals surface area contributed by atoms with Gasteiger partial charge in [-0.2, -0.15) is 17.5 Å². The highest BCUT2D eigenvalue weighted by atomic mass is 32.1. The Morgan fingerprint density at radius 3 is 1.09 bits per heavy atom. The van der Waals surface area contributed by atoms with Crippen molar-refractivity contribution in [1.82, 2.24) is 17.5 Å². The third kappa shape index (κ3) is 14.4. The Hall–Kier alpha value is -11.7. The predicted molar refractivity (Wildman–Crippen MR) is 503 cm³/mol. The smallest absolute Gasteiger partial charge is 0.270 e. The molecule has 0 radical (unpaired) electrons. The third-order valence-corrected chi connectivity index (χ3v) is 31.1. The van der Waals surface area contributed by atoms with Crippen LogP contribution in [0.4, 0.5) is 0 Å². The highest BCUT2D eigenvalue weighted by Crippen LogP contribution is 2.71. The van der Waals surface area contributed by atoms with Gasteiger partial charge in [-0.25, -0.2) is 20.2 Å². The molecule has 18 heteroatoms. The first-order valence-electron chi connectivity index (χ1n) is 42.7. The van der Waals surface area contributed by atoms with Gasteiger partial charge in [0, 0.05) is 76.6 Å². The molecule has 0 spiro atoms. The molecule has 12 nitrogen and oxygen atoms in total. The summed E-state index contributed by atoms with van der Waals surface area (Å²) >= 11 is 9.58. The van der Waals surface area contributed by atoms with E-state index in [0.29, 0.717) is 79.8 Å². The number of allylic oxidation sites excluding steroid dienone is 6. The van der Waals surface area contributed by atoms with Crippen molar-refractivity contribution in [2.45, 2.75) is 167 Å². The lowest BCUT2D eigenvalue weighted by atomic mass is 9.67. The van der Waals surface area contributed by atoms with E-state index in [1.165, 1.54) is 143 Å². The van der Waals surface area contributed by atoms with Crippen molar-refractivity contribution in [3.05, 3.63) is 316 Å². The molecule has 0 saturated carbocycles. The van der Waals surface area contributed by atoms with E-state index in [1.807, 2.05) is 46.9 Å². The molecule has 14 aromatic rings. The number of ketones is 2. The van der Waals surface area contributed by atoms with Gasteiger partial charge < -0.3 is 9.47 Å². The third-order valence-electron chi connectivity index (χ3n) is 24.9. The molecule has 4 aliphatic carbocycles. The van der Waals surface area contributed by atoms with Crippen LogP contribution >= 0.6 is 68.8 Å². The SMILES string of the molecule is [C-]#[N+]/C(C#N)=C1\C(=C\c2ccc(-c3cc4c(s3)-c3sc5c6c(sc5c3C4(c3ccc(C)cc3)c3ccc(OCCCCCCCCCCCC)cc3)-c3sc(-c4ccc(/C=C5\C(=O)c7ccccc7\C5=C(\C#N)[N+]#[C-])c5nsnc45)cc3C6(c3ccc(C)cc3)c3ccc(OCCCCCCCCCCCC)cc3)c3nsnc23)C(=O)c2ccccc21. The van der Waals surface area contributed by atoms with E-state index >= 15 is 0 Å². The summed E-state index contributed by atoms with van der Waals surface area (Å²) in [5, 5.41) is 20.7. The zero-order chi connectivity index (χ0) is 83.6. The van der Waals surface area contributed by atoms with Crippen molar-refractivity contribution in [1.29, 1.82) is 10.5 Å². The zero-order valence-corrected chi connectivity index (χ0v) is 73.6. The summed E-state index contributed by atoms with van der Waals surface area (Å²) in [6, 6.07) is 67.8. The van der Waals surface area contributed by atoms with Crippen molar-refractivity contribution in [3.63, 3.8) is 0 Å². The summed E-state index contributed by atoms with van der Waals surface area (Å²) in [6.45, 7) is 26.2. The number of nitrogens with zero attached hydrogens (tertiary/aromatic N) is 8. The number of hydrogen-bond acceptors (Lipinski definition) is 16. The van der Waals surface area contributed by atoms with E-state index in [2.05, 4.69) is 171 Å². The Balaban J connectivity index is 0.808. The van der Waals surface area contributed by atoms with E-state index < -0.39 is 10.8 Å². The first kappa shape index (κ1) is 81.3. The summed E-state index contributed by atoms with van der Waals surface area (Å²) < 4.78 is 35.9. The molecule has 8 aromatic carbocycles. The largest absolute Gasteiger partial charge is 0.494 e. The zero-order valence-electron chi connectivity index (χ0n) is 68.7. The maximum atomic E-state index is 14.4. The highest BCUT2D eigenvalue weighted by molar-refractivity contribution is 7.35. The monoisotopic (exact) mass is 1700 g/mol. The van der Waals surface area contributed by atoms with Crippen LogP contribution in [0.25, 0.3) is 105 Å². The average molecular weight is 1710 g/mol. The maximum absolute atomic E-state index is 14.4. The van der Waals surface area contributed by atoms with E-state index in [4.69, 9.17) is 40.1 Å². The number of fused-ring (bicyclic) bond motifs is 13. The number of carbonyl (C=O) groups excluding carboxylic acids is 2. The van der Waals surface area contributed by atoms with Gasteiger partial charge in [-0.05, 0) is 120 Å². The first-order chi connectivity index (χ1) is 59.9. The topological polar surface area (TPSA) is 160 Å². The predicted octanol–water partition coefficient (Wildman–Crippen LogP) is 29.2. The minimum absolute atomic E-state index is 0.144. The molecule has 6 heterocycles. The number of unbranched alkanes of at least 4 members (excludes halogenated alkanes) is 18. The van der Waals surface area contributed by atoms with Crippen LogP contribution in [-0.4, -0.2) is 42.3 Å². The molecule has 0 fully saturated rings. The van der Waals surface area contributed by atoms with Gasteiger partial charge in [-0.15, -0.1) is 45.3 Å². The number of hydrogen-bond donors (Lipinski definition) is 0. The molecular weight excluding hydrogens is 1620 g/mol. The second-order valence-electron chi connectivity index (χ2n) is 32.4. The molecule has 0 amide bonds. The maximum Gasteiger partial charge on any atom is 0.270 e. The molecular formula is C104H88N8O4S6. The molecule has 4 aliphatic rings. The second-order valence-corrected chi connectivity index (χ2v) is 37.6. The number of ether oxygens (including phenoxy) is 2. The second kappa shape index (κ2) is 35.4. The van der Waals surface area contributed by atoms with Crippen molar-refractivity contribution >= 4 is 135 Å². The van der Waals surface area contributed by atoms with Crippen molar-refractivity contribution in [2.75, 3.05) is 13.2 Å². The van der Waals surface area contributed by atoms with E-state index in [-0.39, 0.29) is 34.1 Å². The quantitative estimate of drug-likeness (QED) is 0.0172. The Morgan fingerprint density at radius 1 is 0.402 bits per heavy atom. The standard InChI is InChI=1S/C104H88N8O4S6/c1-7-9-11-13-15-17-19-21-23-29-55-115-71-49-45-69(46-50-71)103(67-41-35-63(3)36-42-67)81-59-85(77-53-39-65(91-93(77)111-121-109-91)57-79-87(83(61-105)107-5)73-31-25-27-33-75(73)95(79)113)117-97(81)99-89(103)101-102(119-99)90-100(120-101)98-82(104(90,68-43-37-64(4)38-44-68)70-47-51-72(52-48-70)116-56-30-24-22-20-18-16-14-12-10-8-2)60-86(118-98)78-54-40-66(92-94(78)112-122-110-92)58-80-88(84(62-106)108-6)74-32-26-28-34-76(74)96(80)114/h25-28,31-54,57-60H,7-24,29-30,55-56H2,1-4H3/b79-57-,80-58-,87-83-,88-84+. The number of nitriles is 2. The number of benzene rings is 8. The molecule has 122 heavy (non-hydrogen) atoms. The lowest BCUT2D eigenvalue weighted by Gasteiger charge is -2.34. The molecule has 6 aromatic heterocycles. The molecule has 0 bridgehead atoms. The van der Waals surface area contributed by atoms with Gasteiger partial charge in [0.05, 0.1) is 102 Å². The molecule has 0 saturated heterocycles. The number of rotatable bonds is 32. The average Bonchev–Trinajstić information content (AvgIpc) is 1.48. The fraction of sp³-hybridized carbons (Fsp3) is 0.269. The first-order valence-corrected chi connectivity index (χ1v) is 47.5. The van der Waals surface area contributed by atoms with Gasteiger partial charge in [0.25, 0.3) is 11.4 Å². The Kier molecular flexibility index (Phi) is 23.6. The van der Waals surface area contributed by atoms with Crippen LogP contribution < -0.4 is 9.47 Å². The Bertz CT molecular complexity index is 6310. The number of thiophene rings is 4. The van der Waals surface area contributed by atoms with E-state index in [9.17, 15) is 20.1 Å². The van der Waals surface area contributed by atoms with Crippen LogP contribution in [0.1, 0.15) is 241 Å². The van der Waals surface area contributed by atoms with Gasteiger partial charge in [0.15, 0.2) is 11.6 Å². The minimum Gasteiger partial charge on any atom is -0.494 e. The lowest BCUT2D eigenvalue weighted by Crippen LogP contribution is -2.28. The summed E-state index contributed by atoms with van der Waals surface area (Å²) in [5.41, 5.74) is 18.5. The highest BCUT2D eigenvalue weighted by Gasteiger charge is 2.56. The molecule has 18 rings (SSSR count). The Labute approximate surface area is 736 Å². The van der Waals surface area contributed by atoms with Crippen LogP contribution in [0.2, 0.25) is 0 Å².